The maximum atomic E-state index is 11.5. The molecule has 2 N–H and O–H groups in total. The van der Waals surface area contributed by atoms with Crippen LogP contribution in [0.5, 0.6) is 0 Å². The summed E-state index contributed by atoms with van der Waals surface area (Å²) in [6.45, 7) is 4.04. The first-order chi connectivity index (χ1) is 7.11. The minimum absolute atomic E-state index is 0.0107. The van der Waals surface area contributed by atoms with E-state index in [-0.39, 0.29) is 11.8 Å². The molecule has 86 valence electrons. The van der Waals surface area contributed by atoms with Crippen LogP contribution in [0.2, 0.25) is 0 Å². The van der Waals surface area contributed by atoms with Crippen molar-refractivity contribution >= 4 is 11.9 Å². The summed E-state index contributed by atoms with van der Waals surface area (Å²) in [4.78, 5) is 21.7. The zero-order chi connectivity index (χ0) is 11.7. The highest BCUT2D eigenvalue weighted by molar-refractivity contribution is 5.83. The number of carboxylic acid groups (broad SMARTS) is 1. The van der Waals surface area contributed by atoms with Gasteiger partial charge in [0.2, 0.25) is 5.91 Å². The van der Waals surface area contributed by atoms with Crippen molar-refractivity contribution in [1.82, 2.24) is 5.32 Å². The maximum absolute atomic E-state index is 11.5. The number of hydrogen-bond acceptors (Lipinski definition) is 2. The lowest BCUT2D eigenvalue weighted by Gasteiger charge is -2.12. The molecule has 0 saturated heterocycles. The van der Waals surface area contributed by atoms with E-state index in [1.807, 2.05) is 6.92 Å². The molecule has 0 aliphatic heterocycles. The van der Waals surface area contributed by atoms with Crippen LogP contribution in [0.25, 0.3) is 0 Å². The first kappa shape index (κ1) is 13.7. The molecule has 0 fully saturated rings. The van der Waals surface area contributed by atoms with Crippen molar-refractivity contribution in [3.8, 4) is 0 Å². The summed E-state index contributed by atoms with van der Waals surface area (Å²) in [5.41, 5.74) is 0. The van der Waals surface area contributed by atoms with E-state index < -0.39 is 5.97 Å². The molecule has 0 aromatic heterocycles. The van der Waals surface area contributed by atoms with Gasteiger partial charge in [0, 0.05) is 18.2 Å². The van der Waals surface area contributed by atoms with E-state index in [4.69, 9.17) is 5.11 Å². The van der Waals surface area contributed by atoms with E-state index in [1.54, 1.807) is 0 Å². The number of amides is 1. The van der Waals surface area contributed by atoms with E-state index in [2.05, 4.69) is 12.2 Å². The van der Waals surface area contributed by atoms with Crippen LogP contribution in [0.4, 0.5) is 0 Å². The summed E-state index contributed by atoms with van der Waals surface area (Å²) in [5.74, 6) is -1.16. The Kier molecular flexibility index (Phi) is 7.32. The fraction of sp³-hybridized carbons (Fsp3) is 0.636. The smallest absolute Gasteiger partial charge is 0.329 e. The number of nitrogens with one attached hydrogen (secondary N) is 1. The van der Waals surface area contributed by atoms with Crippen molar-refractivity contribution < 1.29 is 14.7 Å². The highest BCUT2D eigenvalue weighted by Crippen LogP contribution is 2.12. The Hall–Kier alpha value is -1.32. The Balaban J connectivity index is 3.98. The van der Waals surface area contributed by atoms with Gasteiger partial charge in [-0.2, -0.15) is 0 Å². The van der Waals surface area contributed by atoms with E-state index >= 15 is 0 Å². The van der Waals surface area contributed by atoms with Gasteiger partial charge in [0.05, 0.1) is 0 Å². The molecule has 0 saturated carbocycles. The fourth-order valence-corrected chi connectivity index (χ4v) is 1.28. The lowest BCUT2D eigenvalue weighted by atomic mass is 9.99. The van der Waals surface area contributed by atoms with Gasteiger partial charge < -0.3 is 10.4 Å². The molecule has 0 bridgehead atoms. The second-order valence-corrected chi connectivity index (χ2v) is 3.43. The number of carbonyl (C=O) groups excluding carboxylic acids is 1. The molecule has 15 heavy (non-hydrogen) atoms. The van der Waals surface area contributed by atoms with Crippen molar-refractivity contribution in [3.05, 3.63) is 12.3 Å². The van der Waals surface area contributed by atoms with Gasteiger partial charge in [-0.3, -0.25) is 4.79 Å². The summed E-state index contributed by atoms with van der Waals surface area (Å²) < 4.78 is 0. The molecule has 0 spiro atoms. The minimum Gasteiger partial charge on any atom is -0.478 e. The molecule has 0 aliphatic rings. The van der Waals surface area contributed by atoms with Gasteiger partial charge in [0.25, 0.3) is 0 Å². The number of carboxylic acids is 1. The van der Waals surface area contributed by atoms with Gasteiger partial charge >= 0.3 is 5.97 Å². The first-order valence-corrected chi connectivity index (χ1v) is 5.31. The van der Waals surface area contributed by atoms with E-state index in [0.717, 1.165) is 31.8 Å². The Morgan fingerprint density at radius 3 is 2.53 bits per heavy atom. The Bertz CT molecular complexity index is 236. The van der Waals surface area contributed by atoms with Crippen LogP contribution in [0.15, 0.2) is 12.3 Å². The quantitative estimate of drug-likeness (QED) is 0.635. The Morgan fingerprint density at radius 2 is 2.07 bits per heavy atom. The zero-order valence-corrected chi connectivity index (χ0v) is 9.32. The third kappa shape index (κ3) is 6.71. The Morgan fingerprint density at radius 1 is 1.40 bits per heavy atom. The second kappa shape index (κ2) is 8.03. The fourth-order valence-electron chi connectivity index (χ4n) is 1.28. The average molecular weight is 213 g/mol. The number of carbonyl (C=O) groups is 2. The Labute approximate surface area is 90.4 Å². The summed E-state index contributed by atoms with van der Waals surface area (Å²) >= 11 is 0. The van der Waals surface area contributed by atoms with E-state index in [0.29, 0.717) is 0 Å². The van der Waals surface area contributed by atoms with Gasteiger partial charge in [0.1, 0.15) is 0 Å². The minimum atomic E-state index is -1.06. The third-order valence-corrected chi connectivity index (χ3v) is 2.22. The van der Waals surface area contributed by atoms with Crippen molar-refractivity contribution in [3.63, 3.8) is 0 Å². The van der Waals surface area contributed by atoms with Gasteiger partial charge in [0.15, 0.2) is 0 Å². The maximum Gasteiger partial charge on any atom is 0.329 e. The highest BCUT2D eigenvalue weighted by Gasteiger charge is 2.13. The molecule has 1 amide bonds. The number of aliphatic carboxylic acids is 1. The molecule has 4 heteroatoms. The predicted octanol–water partition coefficient (Wildman–Crippen LogP) is 1.92. The standard InChI is InChI=1S/C11H19NO3/c1-3-5-6-9(4-2)11(15)12-8-7-10(13)14/h7-9H,3-6H2,1-2H3,(H,12,15)(H,13,14). The van der Waals surface area contributed by atoms with Crippen LogP contribution in [-0.2, 0) is 9.59 Å². The normalized spacial score (nSPS) is 12.7. The number of unbranched alkanes of at least 4 members (excludes halogenated alkanes) is 1. The van der Waals surface area contributed by atoms with Gasteiger partial charge in [-0.25, -0.2) is 4.79 Å². The molecule has 0 radical (unpaired) electrons. The SMILES string of the molecule is CCCCC(CC)C(=O)NC=CC(=O)O. The summed E-state index contributed by atoms with van der Waals surface area (Å²) in [7, 11) is 0. The number of hydrogen-bond donors (Lipinski definition) is 2. The zero-order valence-electron chi connectivity index (χ0n) is 9.32. The summed E-state index contributed by atoms with van der Waals surface area (Å²) in [6, 6.07) is 0. The molecular weight excluding hydrogens is 194 g/mol. The lowest BCUT2D eigenvalue weighted by molar-refractivity contribution is -0.131. The van der Waals surface area contributed by atoms with Crippen LogP contribution >= 0.6 is 0 Å². The third-order valence-electron chi connectivity index (χ3n) is 2.22. The molecule has 0 aliphatic carbocycles. The average Bonchev–Trinajstić information content (AvgIpc) is 2.18. The van der Waals surface area contributed by atoms with Crippen molar-refractivity contribution in [2.45, 2.75) is 39.5 Å². The van der Waals surface area contributed by atoms with Gasteiger partial charge in [-0.1, -0.05) is 26.7 Å². The topological polar surface area (TPSA) is 66.4 Å². The lowest BCUT2D eigenvalue weighted by Crippen LogP contribution is -2.26. The molecule has 0 aromatic rings. The predicted molar refractivity (Wildman–Crippen MR) is 58.2 cm³/mol. The molecule has 4 nitrogen and oxygen atoms in total. The van der Waals surface area contributed by atoms with Crippen LogP contribution in [-0.4, -0.2) is 17.0 Å². The van der Waals surface area contributed by atoms with Gasteiger partial charge in [-0.15, -0.1) is 0 Å². The van der Waals surface area contributed by atoms with Crippen LogP contribution < -0.4 is 5.32 Å². The van der Waals surface area contributed by atoms with E-state index in [1.165, 1.54) is 6.20 Å². The van der Waals surface area contributed by atoms with Crippen LogP contribution in [0, 0.1) is 5.92 Å². The molecule has 1 atom stereocenters. The highest BCUT2D eigenvalue weighted by atomic mass is 16.4. The van der Waals surface area contributed by atoms with Crippen molar-refractivity contribution in [2.75, 3.05) is 0 Å². The second-order valence-electron chi connectivity index (χ2n) is 3.43. The number of rotatable bonds is 7. The monoisotopic (exact) mass is 213 g/mol. The molecular formula is C11H19NO3. The molecule has 0 heterocycles. The summed E-state index contributed by atoms with van der Waals surface area (Å²) in [6.07, 6.45) is 5.83. The van der Waals surface area contributed by atoms with E-state index in [9.17, 15) is 9.59 Å². The molecule has 0 aromatic carbocycles. The largest absolute Gasteiger partial charge is 0.478 e. The van der Waals surface area contributed by atoms with Crippen LogP contribution in [0.3, 0.4) is 0 Å². The summed E-state index contributed by atoms with van der Waals surface area (Å²) in [5, 5.41) is 10.8. The molecule has 1 unspecified atom stereocenters. The van der Waals surface area contributed by atoms with Crippen LogP contribution in [0.1, 0.15) is 39.5 Å². The molecule has 0 rings (SSSR count). The van der Waals surface area contributed by atoms with Crippen molar-refractivity contribution in [1.29, 1.82) is 0 Å². The van der Waals surface area contributed by atoms with Gasteiger partial charge in [-0.05, 0) is 12.8 Å². The van der Waals surface area contributed by atoms with Crippen molar-refractivity contribution in [2.24, 2.45) is 5.92 Å². The first-order valence-electron chi connectivity index (χ1n) is 5.31.